The summed E-state index contributed by atoms with van der Waals surface area (Å²) in [6.45, 7) is 11.7. The van der Waals surface area contributed by atoms with Gasteiger partial charge in [-0.25, -0.2) is 4.79 Å². The van der Waals surface area contributed by atoms with Crippen molar-refractivity contribution in [1.29, 1.82) is 0 Å². The fourth-order valence-electron chi connectivity index (χ4n) is 2.97. The molecule has 7 heteroatoms. The second kappa shape index (κ2) is 12.2. The van der Waals surface area contributed by atoms with Crippen molar-refractivity contribution in [2.75, 3.05) is 26.2 Å². The predicted molar refractivity (Wildman–Crippen MR) is 106 cm³/mol. The smallest absolute Gasteiger partial charge is 0.337 e. The standard InChI is InChI=1S/C21H37NO6/c1-6-17-14-22(15-18(27-17)20(25)28-21(3,4)5)12-8-7-9-13-26-19(24)11-10-16(2)23/h17-18H,6-15H2,1-5H3. The highest BCUT2D eigenvalue weighted by atomic mass is 16.6. The first-order valence-corrected chi connectivity index (χ1v) is 10.4. The van der Waals surface area contributed by atoms with Gasteiger partial charge in [-0.2, -0.15) is 0 Å². The first kappa shape index (κ1) is 24.6. The molecule has 0 amide bonds. The summed E-state index contributed by atoms with van der Waals surface area (Å²) in [6.07, 6.45) is 3.44. The average Bonchev–Trinajstić information content (AvgIpc) is 2.61. The Bertz CT molecular complexity index is 514. The Morgan fingerprint density at radius 1 is 1.07 bits per heavy atom. The number of Topliss-reactive ketones (excluding diaryl/α,β-unsaturated/α-hetero) is 1. The Kier molecular flexibility index (Phi) is 10.7. The molecule has 0 aliphatic carbocycles. The van der Waals surface area contributed by atoms with Crippen LogP contribution in [0.1, 0.15) is 73.1 Å². The molecule has 0 N–H and O–H groups in total. The fraction of sp³-hybridized carbons (Fsp3) is 0.857. The van der Waals surface area contributed by atoms with E-state index in [1.165, 1.54) is 6.92 Å². The van der Waals surface area contributed by atoms with E-state index in [1.807, 2.05) is 20.8 Å². The highest BCUT2D eigenvalue weighted by Crippen LogP contribution is 2.18. The third-order valence-electron chi connectivity index (χ3n) is 4.43. The minimum atomic E-state index is -0.542. The molecule has 2 atom stereocenters. The van der Waals surface area contributed by atoms with E-state index in [0.29, 0.717) is 13.2 Å². The van der Waals surface area contributed by atoms with Crippen LogP contribution < -0.4 is 0 Å². The van der Waals surface area contributed by atoms with Gasteiger partial charge in [0.25, 0.3) is 0 Å². The van der Waals surface area contributed by atoms with Gasteiger partial charge in [-0.3, -0.25) is 9.69 Å². The van der Waals surface area contributed by atoms with Crippen molar-refractivity contribution >= 4 is 17.7 Å². The SMILES string of the molecule is CCC1CN(CCCCCOC(=O)CCC(C)=O)CC(C(=O)OC(C)(C)C)O1. The van der Waals surface area contributed by atoms with Gasteiger partial charge in [0, 0.05) is 19.5 Å². The highest BCUT2D eigenvalue weighted by Gasteiger charge is 2.34. The maximum atomic E-state index is 12.4. The van der Waals surface area contributed by atoms with Crippen LogP contribution in [0.4, 0.5) is 0 Å². The Labute approximate surface area is 169 Å². The minimum absolute atomic E-state index is 0.00229. The predicted octanol–water partition coefficient (Wildman–Crippen LogP) is 2.89. The lowest BCUT2D eigenvalue weighted by molar-refractivity contribution is -0.181. The lowest BCUT2D eigenvalue weighted by atomic mass is 10.1. The molecule has 0 saturated carbocycles. The summed E-state index contributed by atoms with van der Waals surface area (Å²) in [6, 6.07) is 0. The Hall–Kier alpha value is -1.47. The molecule has 1 aliphatic rings. The summed E-state index contributed by atoms with van der Waals surface area (Å²) in [7, 11) is 0. The molecular weight excluding hydrogens is 362 g/mol. The maximum Gasteiger partial charge on any atom is 0.337 e. The lowest BCUT2D eigenvalue weighted by Gasteiger charge is -2.37. The minimum Gasteiger partial charge on any atom is -0.466 e. The van der Waals surface area contributed by atoms with E-state index in [0.717, 1.165) is 38.8 Å². The molecule has 0 spiro atoms. The topological polar surface area (TPSA) is 82.1 Å². The van der Waals surface area contributed by atoms with E-state index in [-0.39, 0.29) is 36.7 Å². The van der Waals surface area contributed by atoms with Crippen LogP contribution in [0.2, 0.25) is 0 Å². The summed E-state index contributed by atoms with van der Waals surface area (Å²) in [5, 5.41) is 0. The highest BCUT2D eigenvalue weighted by molar-refractivity contribution is 5.80. The number of rotatable bonds is 11. The molecule has 0 aromatic carbocycles. The summed E-state index contributed by atoms with van der Waals surface area (Å²) in [5.41, 5.74) is -0.522. The van der Waals surface area contributed by atoms with Crippen LogP contribution in [0.3, 0.4) is 0 Å². The number of esters is 2. The van der Waals surface area contributed by atoms with Crippen LogP contribution in [0.15, 0.2) is 0 Å². The van der Waals surface area contributed by atoms with E-state index >= 15 is 0 Å². The van der Waals surface area contributed by atoms with Crippen molar-refractivity contribution in [3.8, 4) is 0 Å². The zero-order valence-electron chi connectivity index (χ0n) is 18.1. The zero-order chi connectivity index (χ0) is 21.2. The quantitative estimate of drug-likeness (QED) is 0.390. The second-order valence-corrected chi connectivity index (χ2v) is 8.43. The molecule has 2 unspecified atom stereocenters. The molecule has 1 rings (SSSR count). The summed E-state index contributed by atoms with van der Waals surface area (Å²) >= 11 is 0. The van der Waals surface area contributed by atoms with E-state index in [4.69, 9.17) is 14.2 Å². The lowest BCUT2D eigenvalue weighted by Crippen LogP contribution is -2.51. The fourth-order valence-corrected chi connectivity index (χ4v) is 2.97. The number of hydrogen-bond acceptors (Lipinski definition) is 7. The average molecular weight is 400 g/mol. The molecule has 0 aromatic heterocycles. The van der Waals surface area contributed by atoms with Gasteiger partial charge in [-0.05, 0) is 59.9 Å². The number of ether oxygens (including phenoxy) is 3. The molecule has 162 valence electrons. The van der Waals surface area contributed by atoms with Crippen molar-refractivity contribution in [3.63, 3.8) is 0 Å². The summed E-state index contributed by atoms with van der Waals surface area (Å²) in [4.78, 5) is 36.9. The van der Waals surface area contributed by atoms with E-state index in [2.05, 4.69) is 11.8 Å². The van der Waals surface area contributed by atoms with Crippen molar-refractivity contribution in [1.82, 2.24) is 4.90 Å². The molecule has 1 saturated heterocycles. The summed E-state index contributed by atoms with van der Waals surface area (Å²) < 4.78 is 16.5. The largest absolute Gasteiger partial charge is 0.466 e. The van der Waals surface area contributed by atoms with Gasteiger partial charge in [-0.15, -0.1) is 0 Å². The number of ketones is 1. The van der Waals surface area contributed by atoms with Gasteiger partial charge in [0.2, 0.25) is 0 Å². The van der Waals surface area contributed by atoms with E-state index in [1.54, 1.807) is 0 Å². The monoisotopic (exact) mass is 399 g/mol. The van der Waals surface area contributed by atoms with Gasteiger partial charge >= 0.3 is 11.9 Å². The summed E-state index contributed by atoms with van der Waals surface area (Å²) in [5.74, 6) is -0.611. The number of nitrogens with zero attached hydrogens (tertiary/aromatic N) is 1. The van der Waals surface area contributed by atoms with Crippen LogP contribution in [0.25, 0.3) is 0 Å². The first-order valence-electron chi connectivity index (χ1n) is 10.4. The van der Waals surface area contributed by atoms with Crippen LogP contribution in [0, 0.1) is 0 Å². The zero-order valence-corrected chi connectivity index (χ0v) is 18.1. The molecule has 1 fully saturated rings. The van der Waals surface area contributed by atoms with Crippen LogP contribution in [-0.4, -0.2) is 66.7 Å². The molecular formula is C21H37NO6. The van der Waals surface area contributed by atoms with Crippen LogP contribution in [0.5, 0.6) is 0 Å². The van der Waals surface area contributed by atoms with Gasteiger partial charge in [0.1, 0.15) is 11.4 Å². The van der Waals surface area contributed by atoms with Gasteiger partial charge in [0.15, 0.2) is 6.10 Å². The number of hydrogen-bond donors (Lipinski definition) is 0. The van der Waals surface area contributed by atoms with Gasteiger partial charge < -0.3 is 19.0 Å². The molecule has 0 bridgehead atoms. The van der Waals surface area contributed by atoms with Crippen molar-refractivity contribution in [3.05, 3.63) is 0 Å². The van der Waals surface area contributed by atoms with E-state index < -0.39 is 11.7 Å². The molecule has 0 radical (unpaired) electrons. The third kappa shape index (κ3) is 10.8. The first-order chi connectivity index (χ1) is 13.1. The molecule has 7 nitrogen and oxygen atoms in total. The van der Waals surface area contributed by atoms with Crippen LogP contribution >= 0.6 is 0 Å². The molecule has 1 aliphatic heterocycles. The number of carbonyl (C=O) groups is 3. The Balaban J connectivity index is 2.28. The molecule has 0 aromatic rings. The van der Waals surface area contributed by atoms with Crippen molar-refractivity contribution < 1.29 is 28.6 Å². The number of morpholine rings is 1. The van der Waals surface area contributed by atoms with Crippen LogP contribution in [-0.2, 0) is 28.6 Å². The molecule has 1 heterocycles. The number of unbranched alkanes of at least 4 members (excludes halogenated alkanes) is 2. The molecule has 28 heavy (non-hydrogen) atoms. The van der Waals surface area contributed by atoms with Gasteiger partial charge in [0.05, 0.1) is 19.1 Å². The van der Waals surface area contributed by atoms with Crippen molar-refractivity contribution in [2.24, 2.45) is 0 Å². The third-order valence-corrected chi connectivity index (χ3v) is 4.43. The normalized spacial score (nSPS) is 20.6. The van der Waals surface area contributed by atoms with Gasteiger partial charge in [-0.1, -0.05) is 6.92 Å². The number of carbonyl (C=O) groups excluding carboxylic acids is 3. The Morgan fingerprint density at radius 2 is 1.79 bits per heavy atom. The maximum absolute atomic E-state index is 12.4. The van der Waals surface area contributed by atoms with Crippen molar-refractivity contribution in [2.45, 2.75) is 91.0 Å². The second-order valence-electron chi connectivity index (χ2n) is 8.43. The van der Waals surface area contributed by atoms with E-state index in [9.17, 15) is 14.4 Å². The Morgan fingerprint density at radius 3 is 2.39 bits per heavy atom.